The van der Waals surface area contributed by atoms with E-state index in [1.54, 1.807) is 0 Å². The molecular formula is C19H18N4O7S2. The number of nitro benzene ring substituents is 1. The third kappa shape index (κ3) is 4.59. The zero-order valence-corrected chi connectivity index (χ0v) is 18.8. The number of esters is 1. The predicted molar refractivity (Wildman–Crippen MR) is 116 cm³/mol. The van der Waals surface area contributed by atoms with Gasteiger partial charge in [-0.2, -0.15) is 4.99 Å². The van der Waals surface area contributed by atoms with Gasteiger partial charge in [-0.05, 0) is 30.3 Å². The Balaban J connectivity index is 2.08. The molecule has 0 atom stereocenters. The van der Waals surface area contributed by atoms with Crippen molar-refractivity contribution < 1.29 is 27.7 Å². The van der Waals surface area contributed by atoms with Gasteiger partial charge in [-0.3, -0.25) is 19.7 Å². The van der Waals surface area contributed by atoms with E-state index in [-0.39, 0.29) is 27.5 Å². The fraction of sp³-hybridized carbons (Fsp3) is 0.211. The second-order valence-corrected chi connectivity index (χ2v) is 9.85. The molecule has 0 aliphatic heterocycles. The molecule has 0 unspecified atom stereocenters. The molecule has 13 heteroatoms. The maximum absolute atomic E-state index is 12.7. The molecule has 0 saturated heterocycles. The van der Waals surface area contributed by atoms with Crippen LogP contribution in [0.5, 0.6) is 0 Å². The summed E-state index contributed by atoms with van der Waals surface area (Å²) in [6, 6.07) is 9.39. The summed E-state index contributed by atoms with van der Waals surface area (Å²) in [5.41, 5.74) is 0.314. The molecule has 0 spiro atoms. The number of carbonyl (C=O) groups excluding carboxylic acids is 2. The van der Waals surface area contributed by atoms with E-state index in [1.165, 1.54) is 68.2 Å². The van der Waals surface area contributed by atoms with Crippen LogP contribution >= 0.6 is 11.3 Å². The lowest BCUT2D eigenvalue weighted by Crippen LogP contribution is -2.23. The summed E-state index contributed by atoms with van der Waals surface area (Å²) in [4.78, 5) is 39.4. The average Bonchev–Trinajstić information content (AvgIpc) is 3.09. The first-order chi connectivity index (χ1) is 15.0. The third-order valence-corrected chi connectivity index (χ3v) is 7.36. The van der Waals surface area contributed by atoms with Crippen LogP contribution in [0.15, 0.2) is 52.4 Å². The minimum absolute atomic E-state index is 0.0222. The molecule has 2 aromatic carbocycles. The van der Waals surface area contributed by atoms with Crippen molar-refractivity contribution in [2.45, 2.75) is 11.4 Å². The Morgan fingerprint density at radius 3 is 2.41 bits per heavy atom. The summed E-state index contributed by atoms with van der Waals surface area (Å²) in [5, 5.41) is 11.1. The van der Waals surface area contributed by atoms with Crippen molar-refractivity contribution in [2.24, 2.45) is 4.99 Å². The van der Waals surface area contributed by atoms with Crippen molar-refractivity contribution in [1.29, 1.82) is 0 Å². The number of non-ortho nitro benzene ring substituents is 1. The first-order valence-corrected chi connectivity index (χ1v) is 11.3. The van der Waals surface area contributed by atoms with Crippen LogP contribution in [0, 0.1) is 10.1 Å². The number of rotatable bonds is 6. The van der Waals surface area contributed by atoms with Crippen molar-refractivity contribution >= 4 is 49.1 Å². The fourth-order valence-electron chi connectivity index (χ4n) is 2.73. The molecule has 0 N–H and O–H groups in total. The summed E-state index contributed by atoms with van der Waals surface area (Å²) in [6.07, 6.45) is 0. The van der Waals surface area contributed by atoms with Crippen LogP contribution < -0.4 is 4.80 Å². The number of hydrogen-bond donors (Lipinski definition) is 0. The van der Waals surface area contributed by atoms with Gasteiger partial charge in [0, 0.05) is 31.8 Å². The molecule has 168 valence electrons. The van der Waals surface area contributed by atoms with Crippen LogP contribution in [-0.2, 0) is 26.1 Å². The number of fused-ring (bicyclic) bond motifs is 1. The van der Waals surface area contributed by atoms with Gasteiger partial charge in [-0.1, -0.05) is 11.3 Å². The Labute approximate surface area is 186 Å². The van der Waals surface area contributed by atoms with E-state index >= 15 is 0 Å². The Hall–Kier alpha value is -3.42. The number of carbonyl (C=O) groups is 2. The molecule has 0 saturated carbocycles. The van der Waals surface area contributed by atoms with Crippen LogP contribution in [0.3, 0.4) is 0 Å². The van der Waals surface area contributed by atoms with Gasteiger partial charge in [0.15, 0.2) is 4.80 Å². The molecule has 1 heterocycles. The summed E-state index contributed by atoms with van der Waals surface area (Å²) >= 11 is 1.07. The Kier molecular flexibility index (Phi) is 6.52. The quantitative estimate of drug-likeness (QED) is 0.299. The van der Waals surface area contributed by atoms with Gasteiger partial charge in [0.05, 0.1) is 27.1 Å². The van der Waals surface area contributed by atoms with E-state index in [1.807, 2.05) is 0 Å². The van der Waals surface area contributed by atoms with Crippen molar-refractivity contribution in [3.8, 4) is 0 Å². The van der Waals surface area contributed by atoms with Crippen LogP contribution in [0.1, 0.15) is 10.4 Å². The molecule has 3 aromatic rings. The molecule has 11 nitrogen and oxygen atoms in total. The first kappa shape index (κ1) is 23.2. The minimum atomic E-state index is -3.65. The maximum atomic E-state index is 12.7. The van der Waals surface area contributed by atoms with Gasteiger partial charge in [-0.25, -0.2) is 12.7 Å². The standard InChI is InChI=1S/C19H18N4O7S2/c1-21(2)32(28,29)14-7-4-12(5-8-14)18(25)20-19-22(11-17(24)30-3)15-10-13(23(26)27)6-9-16(15)31-19/h4-10H,11H2,1-3H3. The smallest absolute Gasteiger partial charge is 0.325 e. The Morgan fingerprint density at radius 1 is 1.19 bits per heavy atom. The second kappa shape index (κ2) is 8.98. The van der Waals surface area contributed by atoms with Gasteiger partial charge in [-0.15, -0.1) is 0 Å². The summed E-state index contributed by atoms with van der Waals surface area (Å²) in [6.45, 7) is -0.302. The van der Waals surface area contributed by atoms with Crippen LogP contribution in [0.25, 0.3) is 10.2 Å². The molecule has 0 radical (unpaired) electrons. The highest BCUT2D eigenvalue weighted by atomic mass is 32.2. The zero-order chi connectivity index (χ0) is 23.6. The number of ether oxygens (including phenoxy) is 1. The number of benzene rings is 2. The molecule has 0 aliphatic carbocycles. The molecule has 0 fully saturated rings. The van der Waals surface area contributed by atoms with E-state index in [2.05, 4.69) is 9.73 Å². The highest BCUT2D eigenvalue weighted by molar-refractivity contribution is 7.89. The average molecular weight is 479 g/mol. The van der Waals surface area contributed by atoms with E-state index in [9.17, 15) is 28.1 Å². The topological polar surface area (TPSA) is 141 Å². The fourth-order valence-corrected chi connectivity index (χ4v) is 4.64. The highest BCUT2D eigenvalue weighted by Gasteiger charge is 2.18. The van der Waals surface area contributed by atoms with Gasteiger partial charge in [0.2, 0.25) is 10.0 Å². The molecular weight excluding hydrogens is 460 g/mol. The molecule has 32 heavy (non-hydrogen) atoms. The van der Waals surface area contributed by atoms with Crippen LogP contribution in [0.4, 0.5) is 5.69 Å². The van der Waals surface area contributed by atoms with Gasteiger partial charge < -0.3 is 9.30 Å². The number of thiazole rings is 1. The first-order valence-electron chi connectivity index (χ1n) is 9.01. The zero-order valence-electron chi connectivity index (χ0n) is 17.2. The second-order valence-electron chi connectivity index (χ2n) is 6.68. The van der Waals surface area contributed by atoms with Crippen LogP contribution in [-0.4, -0.2) is 55.3 Å². The number of amides is 1. The normalized spacial score (nSPS) is 12.3. The van der Waals surface area contributed by atoms with E-state index in [0.29, 0.717) is 10.2 Å². The lowest BCUT2D eigenvalue weighted by Gasteiger charge is -2.11. The number of aromatic nitrogens is 1. The number of sulfonamides is 1. The number of methoxy groups -OCH3 is 1. The SMILES string of the molecule is COC(=O)Cn1c(=NC(=O)c2ccc(S(=O)(=O)N(C)C)cc2)sc2ccc([N+](=O)[O-])cc21. The van der Waals surface area contributed by atoms with Gasteiger partial charge in [0.25, 0.3) is 11.6 Å². The Bertz CT molecular complexity index is 1390. The lowest BCUT2D eigenvalue weighted by molar-refractivity contribution is -0.384. The molecule has 1 aromatic heterocycles. The van der Waals surface area contributed by atoms with Crippen LogP contribution in [0.2, 0.25) is 0 Å². The van der Waals surface area contributed by atoms with Crippen molar-refractivity contribution in [3.05, 3.63) is 62.9 Å². The summed E-state index contributed by atoms with van der Waals surface area (Å²) in [7, 11) is 0.350. The third-order valence-electron chi connectivity index (χ3n) is 4.47. The highest BCUT2D eigenvalue weighted by Crippen LogP contribution is 2.23. The minimum Gasteiger partial charge on any atom is -0.468 e. The number of hydrogen-bond acceptors (Lipinski definition) is 8. The monoisotopic (exact) mass is 478 g/mol. The predicted octanol–water partition coefficient (Wildman–Crippen LogP) is 1.78. The van der Waals surface area contributed by atoms with Crippen molar-refractivity contribution in [3.63, 3.8) is 0 Å². The Morgan fingerprint density at radius 2 is 1.84 bits per heavy atom. The van der Waals surface area contributed by atoms with E-state index < -0.39 is 26.8 Å². The molecule has 1 amide bonds. The number of nitrogens with zero attached hydrogens (tertiary/aromatic N) is 4. The number of nitro groups is 1. The van der Waals surface area contributed by atoms with E-state index in [0.717, 1.165) is 15.6 Å². The maximum Gasteiger partial charge on any atom is 0.325 e. The largest absolute Gasteiger partial charge is 0.468 e. The lowest BCUT2D eigenvalue weighted by atomic mass is 10.2. The molecule has 3 rings (SSSR count). The van der Waals surface area contributed by atoms with E-state index in [4.69, 9.17) is 0 Å². The van der Waals surface area contributed by atoms with Crippen molar-refractivity contribution in [2.75, 3.05) is 21.2 Å². The summed E-state index contributed by atoms with van der Waals surface area (Å²) < 4.78 is 32.0. The van der Waals surface area contributed by atoms with Crippen molar-refractivity contribution in [1.82, 2.24) is 8.87 Å². The van der Waals surface area contributed by atoms with Gasteiger partial charge in [0.1, 0.15) is 6.54 Å². The molecule has 0 aliphatic rings. The van der Waals surface area contributed by atoms with Gasteiger partial charge >= 0.3 is 5.97 Å². The summed E-state index contributed by atoms with van der Waals surface area (Å²) in [5.74, 6) is -1.29. The molecule has 0 bridgehead atoms.